The van der Waals surface area contributed by atoms with E-state index in [0.29, 0.717) is 30.1 Å². The number of carboxylic acid groups (broad SMARTS) is 1. The highest BCUT2D eigenvalue weighted by molar-refractivity contribution is 5.69. The first kappa shape index (κ1) is 19.4. The topological polar surface area (TPSA) is 156 Å². The number of aryl methyl sites for hydroxylation is 2. The molecule has 0 unspecified atom stereocenters. The first-order valence-electron chi connectivity index (χ1n) is 7.57. The van der Waals surface area contributed by atoms with Crippen molar-refractivity contribution in [2.24, 2.45) is 14.1 Å². The van der Waals surface area contributed by atoms with E-state index in [4.69, 9.17) is 16.6 Å². The molecule has 2 aromatic heterocycles. The largest absolute Gasteiger partial charge is 0.550 e. The Labute approximate surface area is 138 Å². The van der Waals surface area contributed by atoms with Crippen molar-refractivity contribution in [3.05, 3.63) is 10.4 Å². The van der Waals surface area contributed by atoms with Crippen molar-refractivity contribution in [2.75, 3.05) is 18.1 Å². The van der Waals surface area contributed by atoms with Gasteiger partial charge >= 0.3 is 5.95 Å². The average Bonchev–Trinajstić information content (AvgIpc) is 2.78. The predicted octanol–water partition coefficient (Wildman–Crippen LogP) is -2.36. The molecule has 134 valence electrons. The van der Waals surface area contributed by atoms with Crippen molar-refractivity contribution in [1.82, 2.24) is 14.1 Å². The number of hydrogen-bond acceptors (Lipinski definition) is 7. The van der Waals surface area contributed by atoms with Crippen molar-refractivity contribution in [3.63, 3.8) is 0 Å². The first-order chi connectivity index (χ1) is 11.3. The maximum Gasteiger partial charge on any atom is 0.314 e. The van der Waals surface area contributed by atoms with Gasteiger partial charge in [-0.1, -0.05) is 11.9 Å². The van der Waals surface area contributed by atoms with E-state index in [1.54, 1.807) is 23.2 Å². The number of carbonyl (C=O) groups is 1. The highest BCUT2D eigenvalue weighted by Gasteiger charge is 2.24. The molecule has 24 heavy (non-hydrogen) atoms. The van der Waals surface area contributed by atoms with Crippen molar-refractivity contribution in [1.29, 1.82) is 0 Å². The number of carboxylic acids is 1. The third kappa shape index (κ3) is 4.02. The normalized spacial score (nSPS) is 10.5. The third-order valence-electron chi connectivity index (χ3n) is 3.57. The van der Waals surface area contributed by atoms with Crippen LogP contribution >= 0.6 is 0 Å². The number of fused-ring (bicyclic) bond motifs is 1. The summed E-state index contributed by atoms with van der Waals surface area (Å²) in [6.45, 7) is 2.25. The lowest BCUT2D eigenvalue weighted by Gasteiger charge is -2.01. The van der Waals surface area contributed by atoms with E-state index >= 15 is 0 Å². The summed E-state index contributed by atoms with van der Waals surface area (Å²) in [7, 11) is 3.29. The minimum Gasteiger partial charge on any atom is -0.550 e. The zero-order chi connectivity index (χ0) is 18.4. The van der Waals surface area contributed by atoms with Crippen LogP contribution in [0.5, 0.6) is 0 Å². The zero-order valence-electron chi connectivity index (χ0n) is 14.2. The predicted molar refractivity (Wildman–Crippen MR) is 86.6 cm³/mol. The summed E-state index contributed by atoms with van der Waals surface area (Å²) in [6, 6.07) is 0. The van der Waals surface area contributed by atoms with Crippen LogP contribution in [0.15, 0.2) is 4.79 Å². The fourth-order valence-corrected chi connectivity index (χ4v) is 2.08. The summed E-state index contributed by atoms with van der Waals surface area (Å²) >= 11 is 0. The van der Waals surface area contributed by atoms with Gasteiger partial charge in [-0.05, 0) is 19.3 Å². The molecule has 0 radical (unpaired) electrons. The number of rotatable bonds is 5. The Morgan fingerprint density at radius 1 is 1.29 bits per heavy atom. The molecule has 0 aromatic carbocycles. The number of unbranched alkanes of at least 4 members (excludes halogenated alkanes) is 1. The van der Waals surface area contributed by atoms with Gasteiger partial charge in [-0.3, -0.25) is 9.36 Å². The molecular weight excluding hydrogens is 316 g/mol. The molecule has 0 atom stereocenters. The molecule has 0 spiro atoms. The highest BCUT2D eigenvalue weighted by Crippen LogP contribution is 2.10. The van der Waals surface area contributed by atoms with Crippen LogP contribution in [0, 0.1) is 0 Å². The van der Waals surface area contributed by atoms with Crippen molar-refractivity contribution in [3.8, 4) is 0 Å². The number of hydrogen-bond donors (Lipinski definition) is 3. The number of aromatic nitrogens is 4. The molecule has 0 saturated heterocycles. The number of aliphatic hydroxyl groups excluding tert-OH is 1. The number of aliphatic hydroxyl groups is 1. The molecule has 0 amide bonds. The number of carbonyl (C=O) groups excluding carboxylic acids is 1. The molecule has 0 aliphatic rings. The zero-order valence-corrected chi connectivity index (χ0v) is 14.2. The number of nitrogen functional groups attached to an aromatic ring is 2. The van der Waals surface area contributed by atoms with Crippen molar-refractivity contribution < 1.29 is 19.6 Å². The molecule has 0 bridgehead atoms. The summed E-state index contributed by atoms with van der Waals surface area (Å²) in [5.74, 6) is -0.396. The Morgan fingerprint density at radius 3 is 2.38 bits per heavy atom. The molecule has 2 rings (SSSR count). The molecule has 0 fully saturated rings. The Balaban J connectivity index is 0.000000505. The maximum absolute atomic E-state index is 12.2. The molecular formula is C14H24N6O4. The van der Waals surface area contributed by atoms with Crippen LogP contribution in [0.4, 0.5) is 11.9 Å². The van der Waals surface area contributed by atoms with Crippen LogP contribution in [0.2, 0.25) is 0 Å². The number of nitrogens with zero attached hydrogens (tertiary/aromatic N) is 4. The minimum atomic E-state index is -0.995. The van der Waals surface area contributed by atoms with Gasteiger partial charge in [0.2, 0.25) is 5.52 Å². The summed E-state index contributed by atoms with van der Waals surface area (Å²) in [5, 5.41) is 18.1. The summed E-state index contributed by atoms with van der Waals surface area (Å²) in [4.78, 5) is 25.7. The van der Waals surface area contributed by atoms with Gasteiger partial charge in [0, 0.05) is 26.7 Å². The van der Waals surface area contributed by atoms with Crippen LogP contribution in [0.1, 0.15) is 26.2 Å². The van der Waals surface area contributed by atoms with E-state index in [1.807, 2.05) is 0 Å². The van der Waals surface area contributed by atoms with E-state index in [0.717, 1.165) is 6.42 Å². The Bertz CT molecular complexity index is 780. The van der Waals surface area contributed by atoms with Crippen LogP contribution in [0.3, 0.4) is 0 Å². The van der Waals surface area contributed by atoms with Gasteiger partial charge in [-0.2, -0.15) is 0 Å². The minimum absolute atomic E-state index is 0.111. The summed E-state index contributed by atoms with van der Waals surface area (Å²) < 4.78 is 4.66. The second kappa shape index (κ2) is 8.29. The lowest BCUT2D eigenvalue weighted by atomic mass is 10.3. The standard InChI is InChI=1S/C11H18N6O2.C3H6O2/c1-15-7-8(14-10(12)16(2)9(7)19)17(11(15)13)5-3-4-6-18;1-2-3(4)5/h13,18H,3-6H2,1-2H3,(H2,12,14,19);2H2,1H3,(H,4,5). The van der Waals surface area contributed by atoms with Crippen LogP contribution in [-0.4, -0.2) is 31.8 Å². The van der Waals surface area contributed by atoms with Gasteiger partial charge in [0.25, 0.3) is 17.2 Å². The number of nitrogens with two attached hydrogens (primary N) is 2. The molecule has 2 aromatic rings. The molecule has 10 heteroatoms. The molecule has 10 nitrogen and oxygen atoms in total. The van der Waals surface area contributed by atoms with Crippen molar-refractivity contribution in [2.45, 2.75) is 32.7 Å². The second-order valence-electron chi connectivity index (χ2n) is 5.23. The third-order valence-corrected chi connectivity index (χ3v) is 3.57. The first-order valence-corrected chi connectivity index (χ1v) is 7.57. The fraction of sp³-hybridized carbons (Fsp3) is 0.571. The number of aliphatic carboxylic acids is 1. The van der Waals surface area contributed by atoms with E-state index in [9.17, 15) is 14.7 Å². The Kier molecular flexibility index (Phi) is 6.71. The van der Waals surface area contributed by atoms with Gasteiger partial charge in [0.05, 0.1) is 6.54 Å². The molecule has 0 aliphatic heterocycles. The quantitative estimate of drug-likeness (QED) is 0.406. The van der Waals surface area contributed by atoms with Crippen LogP contribution in [0.25, 0.3) is 11.2 Å². The molecule has 0 saturated carbocycles. The van der Waals surface area contributed by atoms with Crippen molar-refractivity contribution >= 4 is 29.0 Å². The number of anilines is 2. The van der Waals surface area contributed by atoms with Gasteiger partial charge in [-0.15, -0.1) is 0 Å². The smallest absolute Gasteiger partial charge is 0.314 e. The van der Waals surface area contributed by atoms with E-state index in [1.165, 1.54) is 11.5 Å². The highest BCUT2D eigenvalue weighted by atomic mass is 16.4. The van der Waals surface area contributed by atoms with Gasteiger partial charge in [0.15, 0.2) is 0 Å². The lowest BCUT2D eigenvalue weighted by Crippen LogP contribution is -2.38. The van der Waals surface area contributed by atoms with E-state index in [-0.39, 0.29) is 24.5 Å². The maximum atomic E-state index is 12.2. The summed E-state index contributed by atoms with van der Waals surface area (Å²) in [6.07, 6.45) is 1.53. The Morgan fingerprint density at radius 2 is 1.88 bits per heavy atom. The fourth-order valence-electron chi connectivity index (χ4n) is 2.08. The average molecular weight is 340 g/mol. The van der Waals surface area contributed by atoms with E-state index < -0.39 is 5.97 Å². The van der Waals surface area contributed by atoms with Crippen LogP contribution in [-0.2, 0) is 25.4 Å². The SMILES string of the molecule is CCC(=O)[O-].Cn1c(N)nc2c(c1=O)n(C)c(N)[n+]2CCCCO. The van der Waals surface area contributed by atoms with Gasteiger partial charge in [0.1, 0.15) is 0 Å². The summed E-state index contributed by atoms with van der Waals surface area (Å²) in [5.41, 5.74) is 12.4. The molecule has 0 aliphatic carbocycles. The van der Waals surface area contributed by atoms with Gasteiger partial charge in [-0.25, -0.2) is 9.13 Å². The Hall–Kier alpha value is -2.62. The second-order valence-corrected chi connectivity index (χ2v) is 5.23. The van der Waals surface area contributed by atoms with E-state index in [2.05, 4.69) is 4.98 Å². The monoisotopic (exact) mass is 340 g/mol. The molecule has 2 heterocycles. The van der Waals surface area contributed by atoms with Crippen LogP contribution < -0.4 is 26.7 Å². The molecule has 5 N–H and O–H groups in total. The number of imidazole rings is 1. The van der Waals surface area contributed by atoms with Gasteiger partial charge < -0.3 is 26.5 Å². The lowest BCUT2D eigenvalue weighted by molar-refractivity contribution is -0.659.